The van der Waals surface area contributed by atoms with Crippen LogP contribution in [0.4, 0.5) is 5.69 Å². The number of ether oxygens (including phenoxy) is 1. The largest absolute Gasteiger partial charge is 0.495 e. The van der Waals surface area contributed by atoms with E-state index in [1.807, 2.05) is 0 Å². The van der Waals surface area contributed by atoms with Crippen molar-refractivity contribution in [3.05, 3.63) is 62.9 Å². The maximum atomic E-state index is 12.4. The van der Waals surface area contributed by atoms with Crippen molar-refractivity contribution in [2.75, 3.05) is 18.2 Å². The first-order valence-electron chi connectivity index (χ1n) is 7.94. The third-order valence-corrected chi connectivity index (χ3v) is 5.49. The summed E-state index contributed by atoms with van der Waals surface area (Å²) < 4.78 is 6.77. The number of hydrogen-bond donors (Lipinski definition) is 1. The van der Waals surface area contributed by atoms with Gasteiger partial charge in [0.15, 0.2) is 0 Å². The smallest absolute Gasteiger partial charge is 0.251 e. The first-order chi connectivity index (χ1) is 12.9. The molecule has 0 aliphatic rings. The fourth-order valence-electron chi connectivity index (χ4n) is 2.63. The Kier molecular flexibility index (Phi) is 5.99. The Labute approximate surface area is 170 Å². The molecule has 27 heavy (non-hydrogen) atoms. The van der Waals surface area contributed by atoms with Crippen molar-refractivity contribution in [2.45, 2.75) is 4.90 Å². The van der Waals surface area contributed by atoms with Crippen LogP contribution in [0, 0.1) is 0 Å². The van der Waals surface area contributed by atoms with Gasteiger partial charge in [-0.3, -0.25) is 9.59 Å². The molecule has 1 heterocycles. The van der Waals surface area contributed by atoms with Crippen LogP contribution in [-0.2, 0) is 11.8 Å². The van der Waals surface area contributed by atoms with Crippen molar-refractivity contribution in [1.82, 2.24) is 4.57 Å². The summed E-state index contributed by atoms with van der Waals surface area (Å²) in [6.45, 7) is 0. The van der Waals surface area contributed by atoms with Gasteiger partial charge in [0, 0.05) is 33.4 Å². The molecule has 8 heteroatoms. The second-order valence-corrected chi connectivity index (χ2v) is 7.64. The predicted octanol–water partition coefficient (Wildman–Crippen LogP) is 4.58. The maximum Gasteiger partial charge on any atom is 0.251 e. The van der Waals surface area contributed by atoms with Gasteiger partial charge in [-0.1, -0.05) is 23.2 Å². The number of methoxy groups -OCH3 is 1. The van der Waals surface area contributed by atoms with Crippen molar-refractivity contribution >= 4 is 57.5 Å². The van der Waals surface area contributed by atoms with E-state index < -0.39 is 0 Å². The maximum absolute atomic E-state index is 12.4. The highest BCUT2D eigenvalue weighted by Gasteiger charge is 2.12. The standard InChI is InChI=1S/C19H16Cl2N2O3S/c1-23-15-5-3-11(20)7-13(15)17(9-19(23)25)27-10-18(24)22-14-8-12(21)4-6-16(14)26-2/h3-9H,10H2,1-2H3,(H,22,24). The lowest BCUT2D eigenvalue weighted by atomic mass is 10.2. The van der Waals surface area contributed by atoms with Gasteiger partial charge in [0.05, 0.1) is 24.1 Å². The van der Waals surface area contributed by atoms with Crippen LogP contribution in [0.5, 0.6) is 5.75 Å². The number of hydrogen-bond acceptors (Lipinski definition) is 4. The molecule has 0 fully saturated rings. The second-order valence-electron chi connectivity index (χ2n) is 5.75. The summed E-state index contributed by atoms with van der Waals surface area (Å²) >= 11 is 13.3. The van der Waals surface area contributed by atoms with Crippen LogP contribution >= 0.6 is 35.0 Å². The molecule has 0 bridgehead atoms. The summed E-state index contributed by atoms with van der Waals surface area (Å²) in [5, 5.41) is 4.66. The van der Waals surface area contributed by atoms with Crippen molar-refractivity contribution in [3.8, 4) is 5.75 Å². The minimum atomic E-state index is -0.239. The molecule has 1 aromatic heterocycles. The molecule has 0 saturated carbocycles. The van der Waals surface area contributed by atoms with Crippen LogP contribution in [0.1, 0.15) is 0 Å². The Hall–Kier alpha value is -2.15. The topological polar surface area (TPSA) is 60.3 Å². The molecule has 0 spiro atoms. The van der Waals surface area contributed by atoms with Crippen molar-refractivity contribution in [1.29, 1.82) is 0 Å². The van der Waals surface area contributed by atoms with Crippen LogP contribution in [0.25, 0.3) is 10.9 Å². The predicted molar refractivity (Wildman–Crippen MR) is 112 cm³/mol. The molecule has 140 valence electrons. The number of thioether (sulfide) groups is 1. The van der Waals surface area contributed by atoms with E-state index in [0.29, 0.717) is 26.4 Å². The van der Waals surface area contributed by atoms with Gasteiger partial charge in [0.25, 0.3) is 5.56 Å². The average molecular weight is 423 g/mol. The molecular formula is C19H16Cl2N2O3S. The minimum absolute atomic E-state index is 0.116. The van der Waals surface area contributed by atoms with E-state index in [-0.39, 0.29) is 17.2 Å². The molecule has 0 aliphatic carbocycles. The highest BCUT2D eigenvalue weighted by molar-refractivity contribution is 8.00. The first-order valence-corrected chi connectivity index (χ1v) is 9.68. The minimum Gasteiger partial charge on any atom is -0.495 e. The van der Waals surface area contributed by atoms with Gasteiger partial charge < -0.3 is 14.6 Å². The van der Waals surface area contributed by atoms with Gasteiger partial charge in [-0.05, 0) is 36.4 Å². The number of amides is 1. The van der Waals surface area contributed by atoms with Crippen molar-refractivity contribution in [3.63, 3.8) is 0 Å². The van der Waals surface area contributed by atoms with E-state index in [1.54, 1.807) is 48.0 Å². The Morgan fingerprint density at radius 3 is 2.59 bits per heavy atom. The summed E-state index contributed by atoms with van der Waals surface area (Å²) in [5.74, 6) is 0.393. The van der Waals surface area contributed by atoms with E-state index in [1.165, 1.54) is 24.9 Å². The fraction of sp³-hybridized carbons (Fsp3) is 0.158. The summed E-state index contributed by atoms with van der Waals surface area (Å²) in [5.41, 5.74) is 1.10. The number of carbonyl (C=O) groups is 1. The lowest BCUT2D eigenvalue weighted by molar-refractivity contribution is -0.113. The highest BCUT2D eigenvalue weighted by Crippen LogP contribution is 2.30. The zero-order valence-electron chi connectivity index (χ0n) is 14.6. The Bertz CT molecular complexity index is 1080. The van der Waals surface area contributed by atoms with Gasteiger partial charge >= 0.3 is 0 Å². The zero-order chi connectivity index (χ0) is 19.6. The summed E-state index contributed by atoms with van der Waals surface area (Å²) in [6, 6.07) is 11.8. The number of pyridine rings is 1. The Balaban J connectivity index is 1.82. The molecule has 2 aromatic carbocycles. The molecule has 1 amide bonds. The van der Waals surface area contributed by atoms with E-state index >= 15 is 0 Å². The SMILES string of the molecule is COc1ccc(Cl)cc1NC(=O)CSc1cc(=O)n(C)c2ccc(Cl)cc12. The average Bonchev–Trinajstić information content (AvgIpc) is 2.63. The van der Waals surface area contributed by atoms with Crippen LogP contribution < -0.4 is 15.6 Å². The number of nitrogens with zero attached hydrogens (tertiary/aromatic N) is 1. The lowest BCUT2D eigenvalue weighted by Crippen LogP contribution is -2.17. The Morgan fingerprint density at radius 1 is 1.15 bits per heavy atom. The zero-order valence-corrected chi connectivity index (χ0v) is 16.9. The second kappa shape index (κ2) is 8.25. The Morgan fingerprint density at radius 2 is 1.85 bits per heavy atom. The lowest BCUT2D eigenvalue weighted by Gasteiger charge is -2.12. The van der Waals surface area contributed by atoms with Crippen molar-refractivity contribution in [2.24, 2.45) is 7.05 Å². The molecule has 0 radical (unpaired) electrons. The molecule has 0 atom stereocenters. The molecule has 0 unspecified atom stereocenters. The summed E-state index contributed by atoms with van der Waals surface area (Å²) in [7, 11) is 3.22. The third kappa shape index (κ3) is 4.40. The first kappa shape index (κ1) is 19.6. The number of anilines is 1. The summed E-state index contributed by atoms with van der Waals surface area (Å²) in [4.78, 5) is 25.3. The number of fused-ring (bicyclic) bond motifs is 1. The van der Waals surface area contributed by atoms with Crippen LogP contribution in [0.15, 0.2) is 52.2 Å². The number of halogens is 2. The normalized spacial score (nSPS) is 10.8. The fourth-order valence-corrected chi connectivity index (χ4v) is 3.84. The number of nitrogens with one attached hydrogen (secondary N) is 1. The van der Waals surface area contributed by atoms with E-state index in [4.69, 9.17) is 27.9 Å². The third-order valence-electron chi connectivity index (χ3n) is 3.96. The van der Waals surface area contributed by atoms with Gasteiger partial charge in [-0.2, -0.15) is 0 Å². The molecule has 1 N–H and O–H groups in total. The molecule has 3 aromatic rings. The van der Waals surface area contributed by atoms with Crippen LogP contribution in [0.3, 0.4) is 0 Å². The molecule has 0 aliphatic heterocycles. The summed E-state index contributed by atoms with van der Waals surface area (Å²) in [6.07, 6.45) is 0. The van der Waals surface area contributed by atoms with E-state index in [2.05, 4.69) is 5.32 Å². The molecule has 3 rings (SSSR count). The molecular weight excluding hydrogens is 407 g/mol. The number of aromatic nitrogens is 1. The van der Waals surface area contributed by atoms with E-state index in [9.17, 15) is 9.59 Å². The van der Waals surface area contributed by atoms with Crippen LogP contribution in [0.2, 0.25) is 10.0 Å². The van der Waals surface area contributed by atoms with Crippen LogP contribution in [-0.4, -0.2) is 23.3 Å². The van der Waals surface area contributed by atoms with Gasteiger partial charge in [0.2, 0.25) is 5.91 Å². The van der Waals surface area contributed by atoms with Crippen molar-refractivity contribution < 1.29 is 9.53 Å². The van der Waals surface area contributed by atoms with E-state index in [0.717, 1.165) is 10.9 Å². The van der Waals surface area contributed by atoms with Gasteiger partial charge in [0.1, 0.15) is 5.75 Å². The number of carbonyl (C=O) groups excluding carboxylic acids is 1. The molecule has 5 nitrogen and oxygen atoms in total. The monoisotopic (exact) mass is 422 g/mol. The number of rotatable bonds is 5. The number of aryl methyl sites for hydroxylation is 1. The van der Waals surface area contributed by atoms with Gasteiger partial charge in [-0.25, -0.2) is 0 Å². The quantitative estimate of drug-likeness (QED) is 0.610. The highest BCUT2D eigenvalue weighted by atomic mass is 35.5. The number of benzene rings is 2. The molecule has 0 saturated heterocycles. The van der Waals surface area contributed by atoms with Gasteiger partial charge in [-0.15, -0.1) is 11.8 Å².